The summed E-state index contributed by atoms with van der Waals surface area (Å²) in [4.78, 5) is 12.8. The van der Waals surface area contributed by atoms with E-state index >= 15 is 0 Å². The third-order valence-corrected chi connectivity index (χ3v) is 2.85. The zero-order chi connectivity index (χ0) is 11.4. The summed E-state index contributed by atoms with van der Waals surface area (Å²) in [6, 6.07) is 2.51. The van der Waals surface area contributed by atoms with Gasteiger partial charge in [-0.05, 0) is 18.9 Å². The fourth-order valence-corrected chi connectivity index (χ4v) is 1.82. The summed E-state index contributed by atoms with van der Waals surface area (Å²) in [5.41, 5.74) is 0. The second kappa shape index (κ2) is 5.12. The van der Waals surface area contributed by atoms with Gasteiger partial charge in [0.25, 0.3) is 0 Å². The summed E-state index contributed by atoms with van der Waals surface area (Å²) in [5, 5.41) is 12.8. The molecule has 1 heterocycles. The highest BCUT2D eigenvalue weighted by molar-refractivity contribution is 5.66. The molecule has 5 nitrogen and oxygen atoms in total. The normalized spacial score (nSPS) is 15.6. The van der Waals surface area contributed by atoms with Crippen molar-refractivity contribution in [1.82, 2.24) is 14.7 Å². The highest BCUT2D eigenvalue weighted by Gasteiger charge is 2.28. The molecule has 0 aliphatic heterocycles. The zero-order valence-corrected chi connectivity index (χ0v) is 9.25. The Hall–Kier alpha value is -1.36. The number of rotatable bonds is 7. The molecule has 0 unspecified atom stereocenters. The Morgan fingerprint density at radius 1 is 1.50 bits per heavy atom. The molecule has 0 radical (unpaired) electrons. The van der Waals surface area contributed by atoms with Gasteiger partial charge in [0.1, 0.15) is 0 Å². The molecule has 1 N–H and O–H groups in total. The molecule has 1 aromatic rings. The highest BCUT2D eigenvalue weighted by atomic mass is 16.4. The molecule has 0 bridgehead atoms. The van der Waals surface area contributed by atoms with E-state index < -0.39 is 5.97 Å². The Morgan fingerprint density at radius 3 is 2.88 bits per heavy atom. The van der Waals surface area contributed by atoms with Crippen LogP contribution in [0, 0.1) is 0 Å². The molecule has 2 rings (SSSR count). The Kier molecular flexibility index (Phi) is 3.56. The predicted molar refractivity (Wildman–Crippen MR) is 59.1 cm³/mol. The minimum atomic E-state index is -0.718. The van der Waals surface area contributed by atoms with E-state index in [0.29, 0.717) is 12.6 Å². The van der Waals surface area contributed by atoms with Crippen LogP contribution in [-0.2, 0) is 11.3 Å². The number of aliphatic carboxylic acids is 1. The summed E-state index contributed by atoms with van der Waals surface area (Å²) in [6.07, 6.45) is 6.34. The van der Waals surface area contributed by atoms with Crippen LogP contribution in [0.4, 0.5) is 0 Å². The van der Waals surface area contributed by atoms with Gasteiger partial charge < -0.3 is 5.11 Å². The fourth-order valence-electron chi connectivity index (χ4n) is 1.82. The maximum atomic E-state index is 10.5. The molecule has 1 aromatic heterocycles. The summed E-state index contributed by atoms with van der Waals surface area (Å²) in [6.45, 7) is 2.38. The maximum absolute atomic E-state index is 10.5. The molecule has 0 saturated heterocycles. The van der Waals surface area contributed by atoms with Crippen LogP contribution in [0.1, 0.15) is 19.3 Å². The first kappa shape index (κ1) is 11.1. The molecule has 1 aliphatic rings. The summed E-state index contributed by atoms with van der Waals surface area (Å²) in [7, 11) is 0. The molecule has 0 amide bonds. The molecule has 1 saturated carbocycles. The lowest BCUT2D eigenvalue weighted by Gasteiger charge is -2.20. The van der Waals surface area contributed by atoms with Crippen LogP contribution in [0.15, 0.2) is 18.5 Å². The number of aromatic nitrogens is 2. The van der Waals surface area contributed by atoms with Gasteiger partial charge in [-0.3, -0.25) is 14.4 Å². The van der Waals surface area contributed by atoms with Crippen molar-refractivity contribution < 1.29 is 9.90 Å². The van der Waals surface area contributed by atoms with Crippen molar-refractivity contribution in [1.29, 1.82) is 0 Å². The second-order valence-electron chi connectivity index (χ2n) is 4.18. The third kappa shape index (κ3) is 3.34. The lowest BCUT2D eigenvalue weighted by atomic mass is 10.3. The number of carbonyl (C=O) groups is 1. The molecular weight excluding hydrogens is 206 g/mol. The first-order valence-electron chi connectivity index (χ1n) is 5.69. The molecular formula is C11H17N3O2. The molecule has 0 atom stereocenters. The van der Waals surface area contributed by atoms with Crippen molar-refractivity contribution in [2.75, 3.05) is 13.1 Å². The molecule has 1 aliphatic carbocycles. The van der Waals surface area contributed by atoms with Crippen molar-refractivity contribution >= 4 is 5.97 Å². The fraction of sp³-hybridized carbons (Fsp3) is 0.636. The van der Waals surface area contributed by atoms with E-state index in [9.17, 15) is 4.79 Å². The number of carboxylic acids is 1. The van der Waals surface area contributed by atoms with E-state index in [2.05, 4.69) is 10.00 Å². The van der Waals surface area contributed by atoms with Gasteiger partial charge in [0, 0.05) is 31.5 Å². The predicted octanol–water partition coefficient (Wildman–Crippen LogP) is 0.822. The largest absolute Gasteiger partial charge is 0.481 e. The van der Waals surface area contributed by atoms with Crippen LogP contribution in [0.5, 0.6) is 0 Å². The summed E-state index contributed by atoms with van der Waals surface area (Å²) in [5.74, 6) is -0.718. The van der Waals surface area contributed by atoms with Gasteiger partial charge >= 0.3 is 5.97 Å². The third-order valence-electron chi connectivity index (χ3n) is 2.85. The van der Waals surface area contributed by atoms with E-state index in [1.165, 1.54) is 12.8 Å². The van der Waals surface area contributed by atoms with Crippen LogP contribution in [0.2, 0.25) is 0 Å². The summed E-state index contributed by atoms with van der Waals surface area (Å²) < 4.78 is 1.89. The molecule has 88 valence electrons. The average Bonchev–Trinajstić information content (AvgIpc) is 2.95. The molecule has 0 spiro atoms. The average molecular weight is 223 g/mol. The van der Waals surface area contributed by atoms with E-state index in [4.69, 9.17) is 5.11 Å². The lowest BCUT2D eigenvalue weighted by Crippen LogP contribution is -2.32. The van der Waals surface area contributed by atoms with Crippen LogP contribution >= 0.6 is 0 Å². The minimum absolute atomic E-state index is 0.232. The van der Waals surface area contributed by atoms with Gasteiger partial charge in [-0.2, -0.15) is 5.10 Å². The van der Waals surface area contributed by atoms with E-state index in [1.54, 1.807) is 6.20 Å². The van der Waals surface area contributed by atoms with Crippen LogP contribution in [0.25, 0.3) is 0 Å². The van der Waals surface area contributed by atoms with Gasteiger partial charge in [-0.15, -0.1) is 0 Å². The first-order chi connectivity index (χ1) is 7.75. The van der Waals surface area contributed by atoms with Gasteiger partial charge in [0.2, 0.25) is 0 Å². The van der Waals surface area contributed by atoms with Gasteiger partial charge in [-0.1, -0.05) is 0 Å². The molecule has 16 heavy (non-hydrogen) atoms. The lowest BCUT2D eigenvalue weighted by molar-refractivity contribution is -0.137. The second-order valence-corrected chi connectivity index (χ2v) is 4.18. The topological polar surface area (TPSA) is 58.4 Å². The Morgan fingerprint density at radius 2 is 2.31 bits per heavy atom. The number of hydrogen-bond acceptors (Lipinski definition) is 3. The van der Waals surface area contributed by atoms with Crippen LogP contribution in [0.3, 0.4) is 0 Å². The molecule has 0 aromatic carbocycles. The quantitative estimate of drug-likeness (QED) is 0.743. The zero-order valence-electron chi connectivity index (χ0n) is 9.25. The number of hydrogen-bond donors (Lipinski definition) is 1. The standard InChI is InChI=1S/C11H17N3O2/c15-11(16)4-7-13(10-2-3-10)8-9-14-6-1-5-12-14/h1,5-6,10H,2-4,7-9H2,(H,15,16). The Balaban J connectivity index is 1.76. The molecule has 1 fully saturated rings. The van der Waals surface area contributed by atoms with Crippen molar-refractivity contribution in [2.24, 2.45) is 0 Å². The van der Waals surface area contributed by atoms with Crippen molar-refractivity contribution in [3.05, 3.63) is 18.5 Å². The van der Waals surface area contributed by atoms with Crippen molar-refractivity contribution in [2.45, 2.75) is 31.8 Å². The maximum Gasteiger partial charge on any atom is 0.304 e. The smallest absolute Gasteiger partial charge is 0.304 e. The monoisotopic (exact) mass is 223 g/mol. The minimum Gasteiger partial charge on any atom is -0.481 e. The van der Waals surface area contributed by atoms with E-state index in [1.807, 2.05) is 16.9 Å². The number of nitrogens with zero attached hydrogens (tertiary/aromatic N) is 3. The summed E-state index contributed by atoms with van der Waals surface area (Å²) >= 11 is 0. The Labute approximate surface area is 94.7 Å². The highest BCUT2D eigenvalue weighted by Crippen LogP contribution is 2.26. The van der Waals surface area contributed by atoms with Gasteiger partial charge in [0.15, 0.2) is 0 Å². The van der Waals surface area contributed by atoms with Gasteiger partial charge in [-0.25, -0.2) is 0 Å². The van der Waals surface area contributed by atoms with E-state index in [-0.39, 0.29) is 6.42 Å². The van der Waals surface area contributed by atoms with Crippen molar-refractivity contribution in [3.8, 4) is 0 Å². The molecule has 5 heteroatoms. The van der Waals surface area contributed by atoms with Crippen molar-refractivity contribution in [3.63, 3.8) is 0 Å². The van der Waals surface area contributed by atoms with Crippen LogP contribution < -0.4 is 0 Å². The SMILES string of the molecule is O=C(O)CCN(CCn1cccn1)C1CC1. The van der Waals surface area contributed by atoms with E-state index in [0.717, 1.165) is 13.1 Å². The van der Waals surface area contributed by atoms with Crippen LogP contribution in [-0.4, -0.2) is 44.9 Å². The van der Waals surface area contributed by atoms with Gasteiger partial charge in [0.05, 0.1) is 13.0 Å². The first-order valence-corrected chi connectivity index (χ1v) is 5.69. The number of carboxylic acid groups (broad SMARTS) is 1. The Bertz CT molecular complexity index is 333.